The molecule has 0 aromatic heterocycles. The first kappa shape index (κ1) is 21.7. The van der Waals surface area contributed by atoms with E-state index in [0.29, 0.717) is 39.7 Å². The molecule has 3 nitrogen and oxygen atoms in total. The molecule has 0 spiro atoms. The summed E-state index contributed by atoms with van der Waals surface area (Å²) in [5.74, 6) is 0.478. The van der Waals surface area contributed by atoms with Gasteiger partial charge >= 0.3 is 0 Å². The molecular weight excluding hydrogens is 436 g/mol. The SMILES string of the molecule is COc1cc(CNCc2ccccc2Cl)c(Cl)cc1OCc1c(F)cccc1Cl. The van der Waals surface area contributed by atoms with Crippen LogP contribution in [-0.4, -0.2) is 7.11 Å². The molecule has 3 aromatic carbocycles. The molecule has 0 aliphatic carbocycles. The molecule has 3 rings (SSSR count). The molecule has 0 aliphatic heterocycles. The van der Waals surface area contributed by atoms with Gasteiger partial charge in [0.1, 0.15) is 12.4 Å². The number of ether oxygens (including phenoxy) is 2. The van der Waals surface area contributed by atoms with Crippen LogP contribution in [0.15, 0.2) is 54.6 Å². The fourth-order valence-corrected chi connectivity index (χ4v) is 3.42. The summed E-state index contributed by atoms with van der Waals surface area (Å²) >= 11 is 18.6. The molecule has 7 heteroatoms. The lowest BCUT2D eigenvalue weighted by Crippen LogP contribution is -2.13. The van der Waals surface area contributed by atoms with Crippen LogP contribution in [0.5, 0.6) is 11.5 Å². The zero-order valence-electron chi connectivity index (χ0n) is 15.6. The van der Waals surface area contributed by atoms with E-state index in [2.05, 4.69) is 5.32 Å². The van der Waals surface area contributed by atoms with E-state index >= 15 is 0 Å². The molecule has 0 saturated carbocycles. The van der Waals surface area contributed by atoms with Crippen LogP contribution in [0.2, 0.25) is 15.1 Å². The standard InChI is InChI=1S/C22H19Cl3FNO2/c1-28-21-9-15(12-27-11-14-5-2-3-6-17(14)23)19(25)10-22(21)29-13-16-18(24)7-4-8-20(16)26/h2-10,27H,11-13H2,1H3. The van der Waals surface area contributed by atoms with Gasteiger partial charge in [-0.2, -0.15) is 0 Å². The Labute approximate surface area is 184 Å². The minimum absolute atomic E-state index is 0.0394. The Kier molecular flexibility index (Phi) is 7.62. The summed E-state index contributed by atoms with van der Waals surface area (Å²) < 4.78 is 25.1. The molecule has 0 radical (unpaired) electrons. The number of benzene rings is 3. The number of rotatable bonds is 8. The molecule has 1 N–H and O–H groups in total. The van der Waals surface area contributed by atoms with Crippen molar-refractivity contribution in [2.75, 3.05) is 7.11 Å². The second-order valence-corrected chi connectivity index (χ2v) is 7.50. The van der Waals surface area contributed by atoms with Crippen molar-refractivity contribution >= 4 is 34.8 Å². The van der Waals surface area contributed by atoms with Gasteiger partial charge in [-0.1, -0.05) is 59.1 Å². The first-order valence-corrected chi connectivity index (χ1v) is 9.99. The quantitative estimate of drug-likeness (QED) is 0.412. The van der Waals surface area contributed by atoms with Gasteiger partial charge in [-0.25, -0.2) is 4.39 Å². The van der Waals surface area contributed by atoms with Gasteiger partial charge in [0.05, 0.1) is 12.1 Å². The third-order valence-electron chi connectivity index (χ3n) is 4.36. The van der Waals surface area contributed by atoms with Crippen LogP contribution in [0, 0.1) is 5.82 Å². The maximum absolute atomic E-state index is 13.9. The van der Waals surface area contributed by atoms with E-state index in [1.807, 2.05) is 24.3 Å². The van der Waals surface area contributed by atoms with Crippen molar-refractivity contribution in [1.29, 1.82) is 0 Å². The highest BCUT2D eigenvalue weighted by molar-refractivity contribution is 6.32. The van der Waals surface area contributed by atoms with Crippen LogP contribution in [0.1, 0.15) is 16.7 Å². The summed E-state index contributed by atoms with van der Waals surface area (Å²) in [6.07, 6.45) is 0. The number of hydrogen-bond acceptors (Lipinski definition) is 3. The molecule has 0 heterocycles. The maximum atomic E-state index is 13.9. The predicted molar refractivity (Wildman–Crippen MR) is 116 cm³/mol. The number of hydrogen-bond donors (Lipinski definition) is 1. The largest absolute Gasteiger partial charge is 0.493 e. The van der Waals surface area contributed by atoms with Crippen LogP contribution in [0.25, 0.3) is 0 Å². The van der Waals surface area contributed by atoms with E-state index in [-0.39, 0.29) is 12.2 Å². The Balaban J connectivity index is 1.69. The van der Waals surface area contributed by atoms with Crippen LogP contribution in [0.4, 0.5) is 4.39 Å². The molecule has 0 amide bonds. The smallest absolute Gasteiger partial charge is 0.163 e. The van der Waals surface area contributed by atoms with Gasteiger partial charge in [0.15, 0.2) is 11.5 Å². The Bertz CT molecular complexity index is 978. The summed E-state index contributed by atoms with van der Waals surface area (Å²) in [4.78, 5) is 0. The highest BCUT2D eigenvalue weighted by Crippen LogP contribution is 2.34. The summed E-state index contributed by atoms with van der Waals surface area (Å²) in [7, 11) is 1.53. The van der Waals surface area contributed by atoms with E-state index in [1.165, 1.54) is 13.2 Å². The Hall–Kier alpha value is -1.98. The van der Waals surface area contributed by atoms with Crippen molar-refractivity contribution in [2.24, 2.45) is 0 Å². The minimum atomic E-state index is -0.428. The van der Waals surface area contributed by atoms with Gasteiger partial charge < -0.3 is 14.8 Å². The van der Waals surface area contributed by atoms with Gasteiger partial charge in [0.25, 0.3) is 0 Å². The van der Waals surface area contributed by atoms with E-state index in [9.17, 15) is 4.39 Å². The van der Waals surface area contributed by atoms with E-state index in [0.717, 1.165) is 11.1 Å². The van der Waals surface area contributed by atoms with Crippen molar-refractivity contribution in [1.82, 2.24) is 5.32 Å². The van der Waals surface area contributed by atoms with E-state index in [1.54, 1.807) is 24.3 Å². The predicted octanol–water partition coefficient (Wildman–Crippen LogP) is 6.66. The molecule has 0 fully saturated rings. The molecule has 0 atom stereocenters. The lowest BCUT2D eigenvalue weighted by Gasteiger charge is -2.15. The van der Waals surface area contributed by atoms with Gasteiger partial charge in [-0.05, 0) is 35.4 Å². The molecular formula is C22H19Cl3FNO2. The fraction of sp³-hybridized carbons (Fsp3) is 0.182. The van der Waals surface area contributed by atoms with Crippen molar-refractivity contribution in [2.45, 2.75) is 19.7 Å². The molecule has 0 bridgehead atoms. The second-order valence-electron chi connectivity index (χ2n) is 6.28. The average molecular weight is 455 g/mol. The van der Waals surface area contributed by atoms with Gasteiger partial charge in [-0.3, -0.25) is 0 Å². The van der Waals surface area contributed by atoms with Crippen molar-refractivity contribution in [3.8, 4) is 11.5 Å². The zero-order chi connectivity index (χ0) is 20.8. The highest BCUT2D eigenvalue weighted by atomic mass is 35.5. The zero-order valence-corrected chi connectivity index (χ0v) is 17.9. The normalized spacial score (nSPS) is 10.8. The van der Waals surface area contributed by atoms with Gasteiger partial charge in [0.2, 0.25) is 0 Å². The number of halogens is 4. The first-order valence-electron chi connectivity index (χ1n) is 8.85. The maximum Gasteiger partial charge on any atom is 0.163 e. The number of methoxy groups -OCH3 is 1. The first-order chi connectivity index (χ1) is 14.0. The third kappa shape index (κ3) is 5.55. The average Bonchev–Trinajstić information content (AvgIpc) is 2.70. The lowest BCUT2D eigenvalue weighted by atomic mass is 10.1. The molecule has 3 aromatic rings. The summed E-state index contributed by atoms with van der Waals surface area (Å²) in [6.45, 7) is 1.07. The van der Waals surface area contributed by atoms with Crippen molar-refractivity contribution in [3.63, 3.8) is 0 Å². The summed E-state index contributed by atoms with van der Waals surface area (Å²) in [5.41, 5.74) is 2.11. The van der Waals surface area contributed by atoms with Crippen LogP contribution >= 0.6 is 34.8 Å². The third-order valence-corrected chi connectivity index (χ3v) is 5.43. The topological polar surface area (TPSA) is 30.5 Å². The summed E-state index contributed by atoms with van der Waals surface area (Å²) in [6, 6.07) is 15.6. The molecule has 152 valence electrons. The highest BCUT2D eigenvalue weighted by Gasteiger charge is 2.13. The van der Waals surface area contributed by atoms with Gasteiger partial charge in [0, 0.05) is 34.8 Å². The second kappa shape index (κ2) is 10.2. The Morgan fingerprint density at radius 3 is 2.28 bits per heavy atom. The Morgan fingerprint density at radius 2 is 1.55 bits per heavy atom. The molecule has 0 saturated heterocycles. The number of nitrogens with one attached hydrogen (secondary N) is 1. The van der Waals surface area contributed by atoms with Crippen molar-refractivity contribution < 1.29 is 13.9 Å². The monoisotopic (exact) mass is 453 g/mol. The fourth-order valence-electron chi connectivity index (χ4n) is 2.78. The van der Waals surface area contributed by atoms with Crippen molar-refractivity contribution in [3.05, 3.63) is 92.2 Å². The Morgan fingerprint density at radius 1 is 0.828 bits per heavy atom. The van der Waals surface area contributed by atoms with Gasteiger partial charge in [-0.15, -0.1) is 0 Å². The summed E-state index contributed by atoms with van der Waals surface area (Å²) in [5, 5.41) is 4.83. The minimum Gasteiger partial charge on any atom is -0.493 e. The van der Waals surface area contributed by atoms with Crippen LogP contribution in [0.3, 0.4) is 0 Å². The van der Waals surface area contributed by atoms with Crippen LogP contribution in [-0.2, 0) is 19.7 Å². The molecule has 0 unspecified atom stereocenters. The van der Waals surface area contributed by atoms with E-state index < -0.39 is 5.82 Å². The molecule has 0 aliphatic rings. The molecule has 29 heavy (non-hydrogen) atoms. The lowest BCUT2D eigenvalue weighted by molar-refractivity contribution is 0.279. The van der Waals surface area contributed by atoms with Crippen LogP contribution < -0.4 is 14.8 Å². The van der Waals surface area contributed by atoms with E-state index in [4.69, 9.17) is 44.3 Å².